The van der Waals surface area contributed by atoms with Crippen molar-refractivity contribution in [3.8, 4) is 22.5 Å². The Morgan fingerprint density at radius 1 is 0.391 bits per heavy atom. The van der Waals surface area contributed by atoms with Gasteiger partial charge in [-0.05, 0) is 88.5 Å². The van der Waals surface area contributed by atoms with Gasteiger partial charge in [0, 0.05) is 56.3 Å². The Morgan fingerprint density at radius 3 is 1.76 bits per heavy atom. The van der Waals surface area contributed by atoms with Gasteiger partial charge in [-0.2, -0.15) is 0 Å². The molecule has 0 spiro atoms. The molecule has 0 amide bonds. The Morgan fingerprint density at radius 2 is 1.04 bits per heavy atom. The third-order valence-electron chi connectivity index (χ3n) is 9.54. The number of hydrogen-bond donors (Lipinski definition) is 0. The summed E-state index contributed by atoms with van der Waals surface area (Å²) in [5.74, 6) is 0. The fraction of sp³-hybridized carbons (Fsp3) is 0. The van der Waals surface area contributed by atoms with Crippen molar-refractivity contribution in [2.45, 2.75) is 0 Å². The predicted molar refractivity (Wildman–Crippen MR) is 193 cm³/mol. The number of para-hydroxylation sites is 4. The molecule has 0 aliphatic carbocycles. The molecule has 3 nitrogen and oxygen atoms in total. The van der Waals surface area contributed by atoms with Gasteiger partial charge in [0.15, 0.2) is 0 Å². The highest BCUT2D eigenvalue weighted by Crippen LogP contribution is 2.45. The van der Waals surface area contributed by atoms with E-state index in [1.807, 2.05) is 18.5 Å². The minimum absolute atomic E-state index is 1.12. The molecule has 214 valence electrons. The largest absolute Gasteiger partial charge is 0.309 e. The van der Waals surface area contributed by atoms with E-state index in [4.69, 9.17) is 0 Å². The Hall–Kier alpha value is -6.19. The second-order valence-corrected chi connectivity index (χ2v) is 12.0. The van der Waals surface area contributed by atoms with E-state index >= 15 is 0 Å². The highest BCUT2D eigenvalue weighted by Gasteiger charge is 2.20. The van der Waals surface area contributed by atoms with Crippen LogP contribution in [0.3, 0.4) is 0 Å². The van der Waals surface area contributed by atoms with Crippen LogP contribution >= 0.6 is 0 Å². The fourth-order valence-corrected chi connectivity index (χ4v) is 7.64. The van der Waals surface area contributed by atoms with Crippen LogP contribution in [0.15, 0.2) is 164 Å². The summed E-state index contributed by atoms with van der Waals surface area (Å²) in [7, 11) is 0. The van der Waals surface area contributed by atoms with Gasteiger partial charge < -0.3 is 9.13 Å². The SMILES string of the molecule is c1ccc(-n2c3ccccc3c3cc4cc(-c5cccnc5)c5c(ccc6c5c5ccccc5n6-c5ccccc5)c4cc32)cc1. The molecule has 0 unspecified atom stereocenters. The van der Waals surface area contributed by atoms with Crippen molar-refractivity contribution in [3.63, 3.8) is 0 Å². The van der Waals surface area contributed by atoms with E-state index in [9.17, 15) is 0 Å². The first-order chi connectivity index (χ1) is 22.8. The average Bonchev–Trinajstić information content (AvgIpc) is 3.64. The van der Waals surface area contributed by atoms with Crippen LogP contribution in [0.4, 0.5) is 0 Å². The zero-order chi connectivity index (χ0) is 30.2. The van der Waals surface area contributed by atoms with Crippen molar-refractivity contribution in [1.82, 2.24) is 14.1 Å². The molecule has 0 aliphatic rings. The Balaban J connectivity index is 1.42. The van der Waals surface area contributed by atoms with E-state index in [0.717, 1.165) is 16.9 Å². The molecule has 46 heavy (non-hydrogen) atoms. The van der Waals surface area contributed by atoms with E-state index in [0.29, 0.717) is 0 Å². The van der Waals surface area contributed by atoms with E-state index in [2.05, 4.69) is 160 Å². The maximum absolute atomic E-state index is 4.56. The summed E-state index contributed by atoms with van der Waals surface area (Å²) < 4.78 is 4.81. The number of benzene rings is 7. The number of rotatable bonds is 3. The van der Waals surface area contributed by atoms with E-state index in [1.54, 1.807) is 0 Å². The normalized spacial score (nSPS) is 11.9. The summed E-state index contributed by atoms with van der Waals surface area (Å²) in [6.07, 6.45) is 3.85. The molecule has 10 aromatic rings. The van der Waals surface area contributed by atoms with Gasteiger partial charge in [0.25, 0.3) is 0 Å². The van der Waals surface area contributed by atoms with Gasteiger partial charge in [0.05, 0.1) is 22.1 Å². The van der Waals surface area contributed by atoms with Gasteiger partial charge in [-0.1, -0.05) is 84.9 Å². The lowest BCUT2D eigenvalue weighted by molar-refractivity contribution is 1.18. The van der Waals surface area contributed by atoms with Crippen molar-refractivity contribution in [1.29, 1.82) is 0 Å². The molecule has 10 rings (SSSR count). The lowest BCUT2D eigenvalue weighted by Crippen LogP contribution is -1.94. The van der Waals surface area contributed by atoms with Gasteiger partial charge in [-0.3, -0.25) is 4.98 Å². The van der Waals surface area contributed by atoms with Crippen molar-refractivity contribution in [2.75, 3.05) is 0 Å². The lowest BCUT2D eigenvalue weighted by Gasteiger charge is -2.14. The highest BCUT2D eigenvalue weighted by molar-refractivity contribution is 6.30. The summed E-state index contributed by atoms with van der Waals surface area (Å²) in [5.41, 5.74) is 9.46. The average molecular weight is 586 g/mol. The second kappa shape index (κ2) is 9.65. The number of nitrogens with zero attached hydrogens (tertiary/aromatic N) is 3. The molecule has 0 N–H and O–H groups in total. The van der Waals surface area contributed by atoms with Gasteiger partial charge in [0.1, 0.15) is 0 Å². The number of aromatic nitrogens is 3. The van der Waals surface area contributed by atoms with Crippen LogP contribution in [-0.2, 0) is 0 Å². The maximum Gasteiger partial charge on any atom is 0.0547 e. The standard InChI is InChI=1S/C43H27N3/c1-3-13-30(14-4-1)45-39-20-10-8-18-34(39)43-40(45)22-21-33-35-26-41-37(25-29(35)24-36(42(33)43)28-12-11-23-44-27-28)32-17-7-9-19-38(32)46(41)31-15-5-2-6-16-31/h1-27H. The Labute approximate surface area is 265 Å². The molecular formula is C43H27N3. The molecule has 0 saturated carbocycles. The van der Waals surface area contributed by atoms with Crippen LogP contribution in [0.5, 0.6) is 0 Å². The molecule has 0 saturated heterocycles. The second-order valence-electron chi connectivity index (χ2n) is 12.0. The smallest absolute Gasteiger partial charge is 0.0547 e. The molecule has 0 atom stereocenters. The molecule has 7 aromatic carbocycles. The third-order valence-corrected chi connectivity index (χ3v) is 9.54. The molecule has 0 bridgehead atoms. The highest BCUT2D eigenvalue weighted by atomic mass is 15.0. The van der Waals surface area contributed by atoms with E-state index in [-0.39, 0.29) is 0 Å². The molecule has 0 aliphatic heterocycles. The first-order valence-electron chi connectivity index (χ1n) is 15.7. The molecule has 3 heterocycles. The summed E-state index contributed by atoms with van der Waals surface area (Å²) in [6, 6.07) is 55.0. The molecule has 0 fully saturated rings. The quantitative estimate of drug-likeness (QED) is 0.189. The fourth-order valence-electron chi connectivity index (χ4n) is 7.64. The van der Waals surface area contributed by atoms with Crippen molar-refractivity contribution in [2.24, 2.45) is 0 Å². The lowest BCUT2D eigenvalue weighted by atomic mass is 9.90. The first-order valence-corrected chi connectivity index (χ1v) is 15.7. The monoisotopic (exact) mass is 585 g/mol. The van der Waals surface area contributed by atoms with E-state index in [1.165, 1.54) is 70.7 Å². The molecular weight excluding hydrogens is 558 g/mol. The zero-order valence-electron chi connectivity index (χ0n) is 24.9. The minimum Gasteiger partial charge on any atom is -0.309 e. The molecule has 0 radical (unpaired) electrons. The van der Waals surface area contributed by atoms with Crippen LogP contribution in [0, 0.1) is 0 Å². The number of fused-ring (bicyclic) bond motifs is 10. The Kier molecular flexibility index (Phi) is 5.28. The molecule has 3 aromatic heterocycles. The number of pyridine rings is 1. The summed E-state index contributed by atoms with van der Waals surface area (Å²) in [5, 5.41) is 9.99. The van der Waals surface area contributed by atoms with E-state index < -0.39 is 0 Å². The van der Waals surface area contributed by atoms with Crippen LogP contribution in [-0.4, -0.2) is 14.1 Å². The van der Waals surface area contributed by atoms with Crippen LogP contribution in [0.2, 0.25) is 0 Å². The summed E-state index contributed by atoms with van der Waals surface area (Å²) >= 11 is 0. The summed E-state index contributed by atoms with van der Waals surface area (Å²) in [4.78, 5) is 4.56. The van der Waals surface area contributed by atoms with Crippen LogP contribution in [0.1, 0.15) is 0 Å². The van der Waals surface area contributed by atoms with Gasteiger partial charge in [-0.25, -0.2) is 0 Å². The summed E-state index contributed by atoms with van der Waals surface area (Å²) in [6.45, 7) is 0. The van der Waals surface area contributed by atoms with Crippen LogP contribution < -0.4 is 0 Å². The van der Waals surface area contributed by atoms with Crippen molar-refractivity contribution >= 4 is 65.2 Å². The van der Waals surface area contributed by atoms with Crippen molar-refractivity contribution < 1.29 is 0 Å². The zero-order valence-corrected chi connectivity index (χ0v) is 24.9. The predicted octanol–water partition coefficient (Wildman–Crippen LogP) is 11.2. The number of hydrogen-bond acceptors (Lipinski definition) is 1. The third kappa shape index (κ3) is 3.51. The minimum atomic E-state index is 1.12. The molecule has 3 heteroatoms. The topological polar surface area (TPSA) is 22.8 Å². The maximum atomic E-state index is 4.56. The van der Waals surface area contributed by atoms with Gasteiger partial charge in [-0.15, -0.1) is 0 Å². The van der Waals surface area contributed by atoms with Gasteiger partial charge in [0.2, 0.25) is 0 Å². The van der Waals surface area contributed by atoms with Gasteiger partial charge >= 0.3 is 0 Å². The van der Waals surface area contributed by atoms with Crippen LogP contribution in [0.25, 0.3) is 87.7 Å². The van der Waals surface area contributed by atoms with Crippen molar-refractivity contribution in [3.05, 3.63) is 164 Å². The first kappa shape index (κ1) is 25.2. The Bertz CT molecular complexity index is 2770.